The minimum Gasteiger partial charge on any atom is -0.381 e. The molecule has 3 heterocycles. The number of nitrogens with zero attached hydrogens (tertiary/aromatic N) is 2. The zero-order chi connectivity index (χ0) is 32.7. The molecule has 178 valence electrons. The van der Waals surface area contributed by atoms with E-state index in [9.17, 15) is 14.4 Å². The van der Waals surface area contributed by atoms with Gasteiger partial charge in [-0.25, -0.2) is 0 Å². The van der Waals surface area contributed by atoms with Gasteiger partial charge in [0.15, 0.2) is 0 Å². The molecular formula is C25H29N5O4. The van der Waals surface area contributed by atoms with Crippen LogP contribution in [-0.2, 0) is 26.8 Å². The van der Waals surface area contributed by atoms with Crippen molar-refractivity contribution in [1.29, 1.82) is 0 Å². The highest BCUT2D eigenvalue weighted by Crippen LogP contribution is 2.45. The fourth-order valence-electron chi connectivity index (χ4n) is 4.30. The number of ether oxygens (including phenoxy) is 1. The van der Waals surface area contributed by atoms with Crippen molar-refractivity contribution in [2.75, 3.05) is 23.8 Å². The van der Waals surface area contributed by atoms with E-state index in [1.165, 1.54) is 31.4 Å². The molecule has 1 aromatic heterocycles. The van der Waals surface area contributed by atoms with Crippen LogP contribution >= 0.6 is 0 Å². The largest absolute Gasteiger partial charge is 0.381 e. The Morgan fingerprint density at radius 3 is 2.65 bits per heavy atom. The van der Waals surface area contributed by atoms with Gasteiger partial charge in [-0.15, -0.1) is 0 Å². The molecule has 9 heteroatoms. The van der Waals surface area contributed by atoms with Crippen LogP contribution in [0.4, 0.5) is 11.4 Å². The first-order chi connectivity index (χ1) is 20.2. The molecule has 3 aliphatic rings. The Hall–Kier alpha value is -3.46. The maximum Gasteiger partial charge on any atom is 0.274 e. The van der Waals surface area contributed by atoms with Gasteiger partial charge >= 0.3 is 0 Å². The van der Waals surface area contributed by atoms with Gasteiger partial charge in [0.05, 0.1) is 5.41 Å². The lowest BCUT2D eigenvalue weighted by Crippen LogP contribution is -2.39. The van der Waals surface area contributed by atoms with Gasteiger partial charge in [-0.1, -0.05) is 12.4 Å². The van der Waals surface area contributed by atoms with E-state index in [1.807, 2.05) is 0 Å². The fraction of sp³-hybridized carbons (Fsp3) is 0.440. The van der Waals surface area contributed by atoms with E-state index in [4.69, 9.17) is 18.4 Å². The molecule has 2 fully saturated rings. The van der Waals surface area contributed by atoms with Gasteiger partial charge in [0.2, 0.25) is 5.91 Å². The van der Waals surface area contributed by atoms with E-state index in [2.05, 4.69) is 21.0 Å². The summed E-state index contributed by atoms with van der Waals surface area (Å²) in [6.07, 6.45) is -16.3. The molecule has 3 amide bonds. The number of carbonyl (C=O) groups excluding carboxylic acids is 3. The van der Waals surface area contributed by atoms with Crippen molar-refractivity contribution in [2.24, 2.45) is 7.05 Å². The average molecular weight is 474 g/mol. The summed E-state index contributed by atoms with van der Waals surface area (Å²) in [6.45, 7) is 0.753. The summed E-state index contributed by atoms with van der Waals surface area (Å²) in [5.41, 5.74) is -2.47. The predicted molar refractivity (Wildman–Crippen MR) is 126 cm³/mol. The summed E-state index contributed by atoms with van der Waals surface area (Å²) in [5, 5.41) is 11.2. The van der Waals surface area contributed by atoms with Crippen LogP contribution in [0.2, 0.25) is 0 Å². The quantitative estimate of drug-likeness (QED) is 0.591. The van der Waals surface area contributed by atoms with Gasteiger partial charge in [-0.2, -0.15) is 5.10 Å². The van der Waals surface area contributed by atoms with Crippen molar-refractivity contribution >= 4 is 29.1 Å². The Morgan fingerprint density at radius 2 is 1.94 bits per heavy atom. The van der Waals surface area contributed by atoms with Crippen LogP contribution < -0.4 is 16.0 Å². The number of carbonyl (C=O) groups is 3. The summed E-state index contributed by atoms with van der Waals surface area (Å²) in [5.74, 6) is -2.66. The Morgan fingerprint density at radius 1 is 1.18 bits per heavy atom. The number of allylic oxidation sites excluding steroid dienone is 1. The second kappa shape index (κ2) is 9.06. The summed E-state index contributed by atoms with van der Waals surface area (Å²) in [7, 11) is 1.39. The SMILES string of the molecule is [2H]C1([2H])C(=C(NC(=O)c2ccnn2C)C(=O)Nc2ccc3c(c2)NC(=O)C32CCOCC2)C([2H])([2H])C([2H])([2H])C([2H])([2H])C1([2H])[2H]. The molecule has 1 aliphatic carbocycles. The van der Waals surface area contributed by atoms with E-state index < -0.39 is 60.4 Å². The second-order valence-corrected chi connectivity index (χ2v) is 8.03. The molecule has 1 aromatic carbocycles. The normalized spacial score (nSPS) is 30.6. The number of fused-ring (bicyclic) bond motifs is 2. The van der Waals surface area contributed by atoms with Crippen molar-refractivity contribution < 1.29 is 32.8 Å². The zero-order valence-electron chi connectivity index (χ0n) is 28.2. The third-order valence-electron chi connectivity index (χ3n) is 6.09. The first-order valence-electron chi connectivity index (χ1n) is 15.6. The first-order valence-corrected chi connectivity index (χ1v) is 10.6. The Kier molecular flexibility index (Phi) is 3.58. The molecule has 0 atom stereocenters. The third-order valence-corrected chi connectivity index (χ3v) is 6.09. The van der Waals surface area contributed by atoms with Gasteiger partial charge in [-0.05, 0) is 67.7 Å². The summed E-state index contributed by atoms with van der Waals surface area (Å²) >= 11 is 0. The van der Waals surface area contributed by atoms with Crippen molar-refractivity contribution in [2.45, 2.75) is 50.1 Å². The number of amides is 3. The second-order valence-electron chi connectivity index (χ2n) is 8.03. The van der Waals surface area contributed by atoms with Gasteiger partial charge in [0.25, 0.3) is 11.8 Å². The van der Waals surface area contributed by atoms with Gasteiger partial charge in [0.1, 0.15) is 11.4 Å². The fourth-order valence-corrected chi connectivity index (χ4v) is 4.30. The topological polar surface area (TPSA) is 114 Å². The monoisotopic (exact) mass is 473 g/mol. The number of benzene rings is 1. The van der Waals surface area contributed by atoms with Crippen LogP contribution in [0, 0.1) is 0 Å². The van der Waals surface area contributed by atoms with Gasteiger partial charge < -0.3 is 20.7 Å². The molecule has 5 rings (SSSR count). The van der Waals surface area contributed by atoms with Crippen LogP contribution in [-0.4, -0.2) is 40.7 Å². The lowest BCUT2D eigenvalue weighted by atomic mass is 9.75. The van der Waals surface area contributed by atoms with Crippen LogP contribution in [0.1, 0.15) is 74.5 Å². The van der Waals surface area contributed by atoms with Crippen molar-refractivity contribution in [1.82, 2.24) is 15.1 Å². The molecule has 0 radical (unpaired) electrons. The van der Waals surface area contributed by atoms with Crippen LogP contribution in [0.5, 0.6) is 0 Å². The van der Waals surface area contributed by atoms with E-state index in [0.717, 1.165) is 4.68 Å². The maximum absolute atomic E-state index is 13.8. The number of rotatable bonds is 4. The van der Waals surface area contributed by atoms with Crippen LogP contribution in [0.25, 0.3) is 0 Å². The standard InChI is InChI=1S/C25H29N5O4/c1-30-20(9-12-26-30)22(31)29-21(16-5-3-2-4-6-16)23(32)27-17-7-8-18-19(15-17)28-24(33)25(18)10-13-34-14-11-25/h7-9,12,15H,2-6,10-11,13-14H2,1H3,(H,27,32)(H,28,33)(H,29,31)/i2D2,3D2,4D2,5D2,6D2. The van der Waals surface area contributed by atoms with Crippen LogP contribution in [0.15, 0.2) is 41.7 Å². The van der Waals surface area contributed by atoms with E-state index in [0.29, 0.717) is 37.3 Å². The minimum absolute atomic E-state index is 0.0318. The Labute approximate surface area is 212 Å². The van der Waals surface area contributed by atoms with Crippen molar-refractivity contribution in [3.05, 3.63) is 53.0 Å². The van der Waals surface area contributed by atoms with Crippen LogP contribution in [0.3, 0.4) is 0 Å². The third kappa shape index (κ3) is 4.00. The highest BCUT2D eigenvalue weighted by atomic mass is 16.5. The molecule has 2 aliphatic heterocycles. The number of anilines is 2. The summed E-state index contributed by atoms with van der Waals surface area (Å²) in [6, 6.07) is 5.72. The highest BCUT2D eigenvalue weighted by Gasteiger charge is 2.47. The molecule has 0 bridgehead atoms. The molecule has 2 aromatic rings. The van der Waals surface area contributed by atoms with Gasteiger partial charge in [-0.3, -0.25) is 19.1 Å². The molecular weight excluding hydrogens is 434 g/mol. The van der Waals surface area contributed by atoms with Crippen molar-refractivity contribution in [3.63, 3.8) is 0 Å². The Balaban J connectivity index is 1.63. The molecule has 3 N–H and O–H groups in total. The lowest BCUT2D eigenvalue weighted by Gasteiger charge is -2.31. The molecule has 1 saturated carbocycles. The molecule has 0 unspecified atom stereocenters. The van der Waals surface area contributed by atoms with E-state index >= 15 is 0 Å². The number of aryl methyl sites for hydroxylation is 1. The summed E-state index contributed by atoms with van der Waals surface area (Å²) in [4.78, 5) is 40.0. The number of hydrogen-bond donors (Lipinski definition) is 3. The van der Waals surface area contributed by atoms with E-state index in [-0.39, 0.29) is 17.3 Å². The number of nitrogens with one attached hydrogen (secondary N) is 3. The first kappa shape index (κ1) is 13.4. The zero-order valence-corrected chi connectivity index (χ0v) is 18.2. The highest BCUT2D eigenvalue weighted by molar-refractivity contribution is 6.10. The minimum atomic E-state index is -3.72. The molecule has 34 heavy (non-hydrogen) atoms. The Bertz CT molecular complexity index is 1560. The maximum atomic E-state index is 13.8. The average Bonchev–Trinajstić information content (AvgIpc) is 3.47. The summed E-state index contributed by atoms with van der Waals surface area (Å²) < 4.78 is 90.0. The number of hydrogen-bond acceptors (Lipinski definition) is 5. The van der Waals surface area contributed by atoms with E-state index in [1.54, 1.807) is 6.07 Å². The predicted octanol–water partition coefficient (Wildman–Crippen LogP) is 3.01. The smallest absolute Gasteiger partial charge is 0.274 e. The van der Waals surface area contributed by atoms with Gasteiger partial charge in [0, 0.05) is 51.5 Å². The molecule has 1 spiro atoms. The molecule has 1 saturated heterocycles. The molecule has 9 nitrogen and oxygen atoms in total. The van der Waals surface area contributed by atoms with Crippen molar-refractivity contribution in [3.8, 4) is 0 Å². The number of aromatic nitrogens is 2. The lowest BCUT2D eigenvalue weighted by molar-refractivity contribution is -0.124.